The summed E-state index contributed by atoms with van der Waals surface area (Å²) in [5.41, 5.74) is 31.6. The average molecular weight is 1260 g/mol. The van der Waals surface area contributed by atoms with Gasteiger partial charge in [-0.05, 0) is 113 Å². The Morgan fingerprint density at radius 1 is 0.674 bits per heavy atom. The van der Waals surface area contributed by atoms with Crippen molar-refractivity contribution in [3.05, 3.63) is 89.1 Å². The minimum atomic E-state index is -1.69. The molecule has 27 nitrogen and oxygen atoms in total. The van der Waals surface area contributed by atoms with Crippen LogP contribution in [0.15, 0.2) is 72.9 Å². The Morgan fingerprint density at radius 3 is 1.83 bits per heavy atom. The lowest BCUT2D eigenvalue weighted by atomic mass is 9.80. The first kappa shape index (κ1) is 73.8. The number of nitrogens with one attached hydrogen (secondary N) is 8. The van der Waals surface area contributed by atoms with E-state index in [0.29, 0.717) is 21.8 Å². The fourth-order valence-electron chi connectivity index (χ4n) is 9.97. The van der Waals surface area contributed by atoms with Crippen molar-refractivity contribution in [2.75, 3.05) is 45.9 Å². The molecule has 4 rings (SSSR count). The van der Waals surface area contributed by atoms with Gasteiger partial charge in [0, 0.05) is 66.5 Å². The third-order valence-electron chi connectivity index (χ3n) is 15.6. The van der Waals surface area contributed by atoms with E-state index >= 15 is 0 Å². The molecule has 0 aliphatic carbocycles. The van der Waals surface area contributed by atoms with E-state index in [1.54, 1.807) is 67.6 Å². The first-order valence-corrected chi connectivity index (χ1v) is 30.3. The molecule has 2 heterocycles. The van der Waals surface area contributed by atoms with E-state index in [9.17, 15) is 63.0 Å². The van der Waals surface area contributed by atoms with Crippen LogP contribution in [0.4, 0.5) is 0 Å². The predicted molar refractivity (Wildman–Crippen MR) is 331 cm³/mol. The van der Waals surface area contributed by atoms with Crippen LogP contribution >= 0.6 is 11.6 Å². The number of carbonyl (C=O) groups is 11. The smallest absolute Gasteiger partial charge is 0.245 e. The highest BCUT2D eigenvalue weighted by atomic mass is 35.5. The van der Waals surface area contributed by atoms with Crippen LogP contribution in [0, 0.1) is 29.6 Å². The SMILES string of the molecule is CC(C)[C@H](C)[C@@H]1CC(=O)[C@@H](Cc2ccccc2)NC(=O)[C@H](CCN)NC(=O)[C@@H](NC(=O)[C@@H](CN)CC(=O)[C@H](CO)NC(=O)[C@H](CCN)CC(=O)c2ccnc(-c3cccc(Cl)c3)c2)CCNC(=O)[C@H]([C@@H](C)O)NC(=O)[C@H](CCN)NC(=O)[C@H](CCN)NC1=O. The van der Waals surface area contributed by atoms with E-state index in [1.165, 1.54) is 19.2 Å². The van der Waals surface area contributed by atoms with Gasteiger partial charge < -0.3 is 81.4 Å². The standard InChI is InChI=1S/C61H89ClN14O13/c1-33(2)34(3)42-30-52(81)48(25-36-9-6-5-7-10-36)74-58(86)44(15-21-65)72-59(87)46(18-24-69-61(89)53(35(4)78)76-60(88)45(16-22-66)73-57(85)43(14-20-64)71-56(42)84)70-55(83)40(31-67)29-51(80)49(32-77)75-54(82)39(13-19-63)28-50(79)38-17-23-68-47(27-38)37-11-8-12-41(62)26-37/h5-12,17,23,26-27,33-35,39-40,42-46,48-49,53,77-78H,13-16,18-22,24-25,28-32,63-67H2,1-4H3,(H,69,89)(H,70,83)(H,71,84)(H,72,87)(H,73,85)(H,74,86)(H,75,82)(H,76,88)/t34-,35+,39+,40+,42-,43-,44-,45-,46-,48+,49-,53-/m0/s1. The topological polar surface area (TPSA) is 467 Å². The number of hydrogen-bond acceptors (Lipinski definition) is 19. The normalized spacial score (nSPS) is 22.1. The molecule has 8 amide bonds. The molecule has 0 saturated carbocycles. The monoisotopic (exact) mass is 1260 g/mol. The number of amides is 8. The Kier molecular flexibility index (Phi) is 31.0. The van der Waals surface area contributed by atoms with Crippen molar-refractivity contribution in [1.82, 2.24) is 47.5 Å². The minimum absolute atomic E-state index is 0.00585. The summed E-state index contributed by atoms with van der Waals surface area (Å²) in [5, 5.41) is 42.2. The van der Waals surface area contributed by atoms with Gasteiger partial charge in [-0.15, -0.1) is 0 Å². The highest BCUT2D eigenvalue weighted by molar-refractivity contribution is 6.30. The van der Waals surface area contributed by atoms with Gasteiger partial charge in [0.1, 0.15) is 36.3 Å². The summed E-state index contributed by atoms with van der Waals surface area (Å²) in [6.07, 6.45) is -2.63. The molecule has 488 valence electrons. The molecule has 1 aromatic heterocycles. The Balaban J connectivity index is 1.68. The molecule has 28 heteroatoms. The van der Waals surface area contributed by atoms with Crippen molar-refractivity contribution >= 4 is 76.2 Å². The number of hydrogen-bond donors (Lipinski definition) is 15. The maximum Gasteiger partial charge on any atom is 0.245 e. The summed E-state index contributed by atoms with van der Waals surface area (Å²) in [5.74, 6) is -13.3. The maximum atomic E-state index is 14.7. The molecule has 0 radical (unpaired) electrons. The van der Waals surface area contributed by atoms with Crippen molar-refractivity contribution < 1.29 is 63.0 Å². The zero-order valence-corrected chi connectivity index (χ0v) is 51.6. The molecular formula is C61H89ClN14O13. The predicted octanol–water partition coefficient (Wildman–Crippen LogP) is -2.08. The number of ketones is 3. The highest BCUT2D eigenvalue weighted by Gasteiger charge is 2.38. The van der Waals surface area contributed by atoms with E-state index in [2.05, 4.69) is 47.5 Å². The number of aromatic nitrogens is 1. The van der Waals surface area contributed by atoms with Crippen molar-refractivity contribution in [3.8, 4) is 11.3 Å². The van der Waals surface area contributed by atoms with Gasteiger partial charge in [0.2, 0.25) is 47.3 Å². The number of benzene rings is 2. The molecule has 12 atom stereocenters. The van der Waals surface area contributed by atoms with E-state index in [1.807, 2.05) is 13.8 Å². The van der Waals surface area contributed by atoms with Gasteiger partial charge >= 0.3 is 0 Å². The van der Waals surface area contributed by atoms with Crippen LogP contribution in [-0.4, -0.2) is 174 Å². The summed E-state index contributed by atoms with van der Waals surface area (Å²) >= 11 is 6.17. The lowest BCUT2D eigenvalue weighted by molar-refractivity contribution is -0.137. The van der Waals surface area contributed by atoms with Crippen molar-refractivity contribution in [2.45, 2.75) is 134 Å². The van der Waals surface area contributed by atoms with Crippen molar-refractivity contribution in [3.63, 3.8) is 0 Å². The molecule has 0 bridgehead atoms. The third kappa shape index (κ3) is 23.0. The van der Waals surface area contributed by atoms with Crippen LogP contribution in [0.2, 0.25) is 5.02 Å². The third-order valence-corrected chi connectivity index (χ3v) is 15.9. The number of aliphatic hydroxyl groups is 2. The summed E-state index contributed by atoms with van der Waals surface area (Å²) in [4.78, 5) is 160. The maximum absolute atomic E-state index is 14.7. The minimum Gasteiger partial charge on any atom is -0.394 e. The fourth-order valence-corrected chi connectivity index (χ4v) is 10.2. The second-order valence-electron chi connectivity index (χ2n) is 22.6. The molecule has 1 aliphatic rings. The van der Waals surface area contributed by atoms with E-state index in [4.69, 9.17) is 40.3 Å². The van der Waals surface area contributed by atoms with Gasteiger partial charge in [-0.2, -0.15) is 0 Å². The fraction of sp³-hybridized carbons (Fsp3) is 0.541. The zero-order chi connectivity index (χ0) is 65.9. The van der Waals surface area contributed by atoms with Crippen LogP contribution in [-0.2, 0) is 54.4 Å². The quantitative estimate of drug-likeness (QED) is 0.0384. The Bertz CT molecular complexity index is 2900. The number of halogens is 1. The Hall–Kier alpha value is -7.63. The lowest BCUT2D eigenvalue weighted by Crippen LogP contribution is -2.60. The Labute approximate surface area is 523 Å². The van der Waals surface area contributed by atoms with Crippen LogP contribution in [0.1, 0.15) is 95.0 Å². The summed E-state index contributed by atoms with van der Waals surface area (Å²) in [6, 6.07) is 8.04. The second kappa shape index (κ2) is 37.4. The molecule has 0 spiro atoms. The molecule has 1 aliphatic heterocycles. The number of pyridine rings is 1. The van der Waals surface area contributed by atoms with Gasteiger partial charge in [-0.1, -0.05) is 74.8 Å². The number of nitrogens with two attached hydrogens (primary N) is 5. The molecule has 0 unspecified atom stereocenters. The lowest BCUT2D eigenvalue weighted by Gasteiger charge is -2.30. The van der Waals surface area contributed by atoms with Gasteiger partial charge in [0.05, 0.1) is 30.4 Å². The Morgan fingerprint density at radius 2 is 1.27 bits per heavy atom. The van der Waals surface area contributed by atoms with Crippen molar-refractivity contribution in [2.24, 2.45) is 58.3 Å². The van der Waals surface area contributed by atoms with E-state index in [-0.39, 0.29) is 76.2 Å². The van der Waals surface area contributed by atoms with Crippen LogP contribution < -0.4 is 71.2 Å². The second-order valence-corrected chi connectivity index (χ2v) is 23.0. The summed E-state index contributed by atoms with van der Waals surface area (Å²) in [6.45, 7) is 4.26. The zero-order valence-electron chi connectivity index (χ0n) is 50.8. The molecule has 3 aromatic rings. The molecule has 20 N–H and O–H groups in total. The largest absolute Gasteiger partial charge is 0.394 e. The van der Waals surface area contributed by atoms with Crippen molar-refractivity contribution in [1.29, 1.82) is 0 Å². The highest BCUT2D eigenvalue weighted by Crippen LogP contribution is 2.27. The first-order chi connectivity index (χ1) is 42.4. The molecule has 1 fully saturated rings. The average Bonchev–Trinajstić information content (AvgIpc) is 2.34. The van der Waals surface area contributed by atoms with Crippen LogP contribution in [0.25, 0.3) is 11.3 Å². The number of Topliss-reactive ketones (excluding diaryl/α,β-unsaturated/α-hetero) is 3. The van der Waals surface area contributed by atoms with Gasteiger partial charge in [0.15, 0.2) is 17.3 Å². The molecular weight excluding hydrogens is 1170 g/mol. The van der Waals surface area contributed by atoms with E-state index in [0.717, 1.165) is 0 Å². The number of carbonyl (C=O) groups excluding carboxylic acids is 11. The molecule has 2 aromatic carbocycles. The van der Waals surface area contributed by atoms with Crippen LogP contribution in [0.3, 0.4) is 0 Å². The van der Waals surface area contributed by atoms with Crippen LogP contribution in [0.5, 0.6) is 0 Å². The van der Waals surface area contributed by atoms with Gasteiger partial charge in [-0.3, -0.25) is 57.7 Å². The first-order valence-electron chi connectivity index (χ1n) is 29.9. The van der Waals surface area contributed by atoms with Gasteiger partial charge in [0.25, 0.3) is 0 Å². The number of aliphatic hydroxyl groups excluding tert-OH is 2. The number of nitrogens with zero attached hydrogens (tertiary/aromatic N) is 1. The summed E-state index contributed by atoms with van der Waals surface area (Å²) < 4.78 is 0. The summed E-state index contributed by atoms with van der Waals surface area (Å²) in [7, 11) is 0. The van der Waals surface area contributed by atoms with Gasteiger partial charge in [-0.25, -0.2) is 0 Å². The molecule has 1 saturated heterocycles. The molecule has 89 heavy (non-hydrogen) atoms. The van der Waals surface area contributed by atoms with E-state index < -0.39 is 176 Å². The number of rotatable bonds is 26.